The van der Waals surface area contributed by atoms with Crippen molar-refractivity contribution >= 4 is 17.5 Å². The minimum absolute atomic E-state index is 0.205. The lowest BCUT2D eigenvalue weighted by molar-refractivity contribution is -0.180. The Labute approximate surface area is 184 Å². The first kappa shape index (κ1) is 23.0. The Morgan fingerprint density at radius 3 is 2.45 bits per heavy atom. The number of carbonyl (C=O) groups excluding carboxylic acids is 2. The molecule has 1 aliphatic carbocycles. The average molecular weight is 425 g/mol. The molecule has 6 rings (SSSR count). The summed E-state index contributed by atoms with van der Waals surface area (Å²) < 4.78 is 17.4. The van der Waals surface area contributed by atoms with Crippen molar-refractivity contribution in [1.82, 2.24) is 0 Å². The topological polar surface area (TPSA) is 61.8 Å². The van der Waals surface area contributed by atoms with Gasteiger partial charge in [0.2, 0.25) is 0 Å². The van der Waals surface area contributed by atoms with Crippen molar-refractivity contribution in [2.24, 2.45) is 0 Å². The van der Waals surface area contributed by atoms with Crippen LogP contribution < -0.4 is 4.74 Å². The minimum atomic E-state index is -1.69. The highest BCUT2D eigenvalue weighted by molar-refractivity contribution is 5.95. The van der Waals surface area contributed by atoms with Crippen molar-refractivity contribution in [2.75, 3.05) is 6.61 Å². The molecule has 5 heteroatoms. The van der Waals surface area contributed by atoms with Crippen LogP contribution in [0.15, 0.2) is 54.6 Å². The summed E-state index contributed by atoms with van der Waals surface area (Å²) >= 11 is 0. The maximum absolute atomic E-state index is 13.2. The zero-order valence-corrected chi connectivity index (χ0v) is 18.5. The molecular weight excluding hydrogens is 392 g/mol. The van der Waals surface area contributed by atoms with Crippen LogP contribution in [0.5, 0.6) is 5.75 Å². The Morgan fingerprint density at radius 1 is 1.10 bits per heavy atom. The predicted octanol–water partition coefficient (Wildman–Crippen LogP) is 5.55. The van der Waals surface area contributed by atoms with E-state index in [-0.39, 0.29) is 5.57 Å². The van der Waals surface area contributed by atoms with Gasteiger partial charge < -0.3 is 14.2 Å². The lowest BCUT2D eigenvalue weighted by Crippen LogP contribution is -2.55. The summed E-state index contributed by atoms with van der Waals surface area (Å²) in [7, 11) is 0. The molecule has 5 aliphatic rings. The van der Waals surface area contributed by atoms with E-state index in [2.05, 4.69) is 13.5 Å². The number of rotatable bonds is 11. The van der Waals surface area contributed by atoms with Gasteiger partial charge in [-0.05, 0) is 48.8 Å². The van der Waals surface area contributed by atoms with Gasteiger partial charge >= 0.3 is 11.9 Å². The van der Waals surface area contributed by atoms with E-state index in [1.807, 2.05) is 18.2 Å². The van der Waals surface area contributed by atoms with Gasteiger partial charge in [-0.3, -0.25) is 0 Å². The van der Waals surface area contributed by atoms with Gasteiger partial charge in [-0.25, -0.2) is 9.59 Å². The fourth-order valence-electron chi connectivity index (χ4n) is 3.75. The van der Waals surface area contributed by atoms with Gasteiger partial charge in [0.05, 0.1) is 0 Å². The van der Waals surface area contributed by atoms with Crippen LogP contribution in [-0.2, 0) is 19.1 Å². The largest absolute Gasteiger partial charge is 0.436 e. The van der Waals surface area contributed by atoms with E-state index in [0.717, 1.165) is 24.0 Å². The summed E-state index contributed by atoms with van der Waals surface area (Å²) in [5.74, 6) is -0.950. The molecule has 166 valence electrons. The molecule has 31 heavy (non-hydrogen) atoms. The molecule has 1 aromatic rings. The van der Waals surface area contributed by atoms with E-state index < -0.39 is 23.6 Å². The third kappa shape index (κ3) is 5.53. The molecule has 4 bridgehead atoms. The number of benzene rings is 1. The van der Waals surface area contributed by atoms with Gasteiger partial charge in [-0.1, -0.05) is 70.2 Å². The van der Waals surface area contributed by atoms with Crippen molar-refractivity contribution < 1.29 is 23.8 Å². The van der Waals surface area contributed by atoms with E-state index >= 15 is 0 Å². The molecule has 2 unspecified atom stereocenters. The summed E-state index contributed by atoms with van der Waals surface area (Å²) in [6, 6.07) is 7.24. The van der Waals surface area contributed by atoms with Crippen LogP contribution in [0.1, 0.15) is 64.4 Å². The number of hydrogen-bond acceptors (Lipinski definition) is 5. The normalized spacial score (nSPS) is 21.5. The molecule has 0 spiro atoms. The Kier molecular flexibility index (Phi) is 7.85. The molecule has 0 N–H and O–H groups in total. The standard InChI is InChI=1S/C26H32O5/c1-4-5-6-7-8-9-10-17-29-23-18-21-15-16-26(23,31-24(27)19(2)3)25(28)30-22-13-11-20(21)12-14-22/h11-16,18,23H,2,4-10,17H2,1,3H3. The van der Waals surface area contributed by atoms with Crippen molar-refractivity contribution in [1.29, 1.82) is 0 Å². The van der Waals surface area contributed by atoms with E-state index in [1.54, 1.807) is 31.2 Å². The van der Waals surface area contributed by atoms with Gasteiger partial charge in [0.1, 0.15) is 11.9 Å². The van der Waals surface area contributed by atoms with Crippen molar-refractivity contribution in [3.8, 4) is 5.75 Å². The highest BCUT2D eigenvalue weighted by Gasteiger charge is 2.51. The first-order valence-electron chi connectivity index (χ1n) is 11.2. The maximum atomic E-state index is 13.2. The molecule has 4 heterocycles. The summed E-state index contributed by atoms with van der Waals surface area (Å²) in [6.45, 7) is 7.86. The zero-order chi connectivity index (χ0) is 22.3. The molecule has 0 radical (unpaired) electrons. The van der Waals surface area contributed by atoms with Crippen LogP contribution in [-0.4, -0.2) is 30.3 Å². The van der Waals surface area contributed by atoms with Crippen LogP contribution in [0.2, 0.25) is 0 Å². The molecule has 0 saturated carbocycles. The third-order valence-corrected chi connectivity index (χ3v) is 5.64. The molecular formula is C26H32O5. The smallest absolute Gasteiger partial charge is 0.363 e. The van der Waals surface area contributed by atoms with Crippen molar-refractivity contribution in [2.45, 2.75) is 70.5 Å². The fraction of sp³-hybridized carbons (Fsp3) is 0.462. The van der Waals surface area contributed by atoms with Gasteiger partial charge in [0.25, 0.3) is 5.60 Å². The van der Waals surface area contributed by atoms with Crippen LogP contribution >= 0.6 is 0 Å². The van der Waals surface area contributed by atoms with Crippen LogP contribution in [0, 0.1) is 0 Å². The lowest BCUT2D eigenvalue weighted by atomic mass is 9.85. The molecule has 1 aromatic carbocycles. The molecule has 0 aromatic heterocycles. The Bertz CT molecular complexity index is 864. The Balaban J connectivity index is 1.77. The number of carbonyl (C=O) groups is 2. The van der Waals surface area contributed by atoms with Crippen molar-refractivity contribution in [3.05, 3.63) is 60.2 Å². The third-order valence-electron chi connectivity index (χ3n) is 5.64. The second-order valence-corrected chi connectivity index (χ2v) is 8.24. The molecule has 2 atom stereocenters. The highest BCUT2D eigenvalue weighted by Crippen LogP contribution is 2.36. The number of unbranched alkanes of at least 4 members (excludes halogenated alkanes) is 6. The number of hydrogen-bond donors (Lipinski definition) is 0. The van der Waals surface area contributed by atoms with Gasteiger partial charge in [-0.15, -0.1) is 0 Å². The number of allylic oxidation sites excluding steroid dienone is 2. The SMILES string of the molecule is C=C(C)C(=O)OC12C=CC(=CC1OCCCCCCCCC)c1ccc(cc1)OC2=O. The zero-order valence-electron chi connectivity index (χ0n) is 18.5. The highest BCUT2D eigenvalue weighted by atomic mass is 16.6. The lowest BCUT2D eigenvalue weighted by Gasteiger charge is -2.37. The first-order chi connectivity index (χ1) is 15.0. The van der Waals surface area contributed by atoms with Gasteiger partial charge in [0.15, 0.2) is 0 Å². The molecule has 0 amide bonds. The quantitative estimate of drug-likeness (QED) is 0.202. The molecule has 0 saturated heterocycles. The second-order valence-electron chi connectivity index (χ2n) is 8.24. The van der Waals surface area contributed by atoms with E-state index in [4.69, 9.17) is 14.2 Å². The Hall–Kier alpha value is -2.66. The Morgan fingerprint density at radius 2 is 1.77 bits per heavy atom. The van der Waals surface area contributed by atoms with Crippen LogP contribution in [0.3, 0.4) is 0 Å². The van der Waals surface area contributed by atoms with Crippen LogP contribution in [0.25, 0.3) is 5.57 Å². The van der Waals surface area contributed by atoms with Crippen molar-refractivity contribution in [3.63, 3.8) is 0 Å². The molecule has 5 nitrogen and oxygen atoms in total. The predicted molar refractivity (Wildman–Crippen MR) is 121 cm³/mol. The summed E-state index contributed by atoms with van der Waals surface area (Å²) in [5.41, 5.74) is 0.402. The summed E-state index contributed by atoms with van der Waals surface area (Å²) in [6.07, 6.45) is 12.5. The average Bonchev–Trinajstić information content (AvgIpc) is 2.76. The molecule has 0 fully saturated rings. The fourth-order valence-corrected chi connectivity index (χ4v) is 3.75. The number of esters is 2. The van der Waals surface area contributed by atoms with Gasteiger partial charge in [0, 0.05) is 12.2 Å². The number of ether oxygens (including phenoxy) is 3. The second kappa shape index (κ2) is 10.6. The summed E-state index contributed by atoms with van der Waals surface area (Å²) in [4.78, 5) is 25.6. The van der Waals surface area contributed by atoms with Crippen LogP contribution in [0.4, 0.5) is 0 Å². The van der Waals surface area contributed by atoms with Gasteiger partial charge in [-0.2, -0.15) is 0 Å². The van der Waals surface area contributed by atoms with E-state index in [1.165, 1.54) is 32.1 Å². The minimum Gasteiger partial charge on any atom is -0.436 e. The van der Waals surface area contributed by atoms with E-state index in [9.17, 15) is 9.59 Å². The monoisotopic (exact) mass is 424 g/mol. The van der Waals surface area contributed by atoms with E-state index in [0.29, 0.717) is 12.4 Å². The maximum Gasteiger partial charge on any atom is 0.363 e. The first-order valence-corrected chi connectivity index (χ1v) is 11.2. The summed E-state index contributed by atoms with van der Waals surface area (Å²) in [5, 5.41) is 0. The molecule has 4 aliphatic heterocycles.